The average Bonchev–Trinajstić information content (AvgIpc) is 2.90. The molecule has 1 saturated heterocycles. The van der Waals surface area contributed by atoms with Crippen LogP contribution in [0.25, 0.3) is 0 Å². The number of amides is 2. The zero-order valence-electron chi connectivity index (χ0n) is 14.5. The Morgan fingerprint density at radius 2 is 1.96 bits per heavy atom. The third-order valence-electron chi connectivity index (χ3n) is 5.27. The highest BCUT2D eigenvalue weighted by molar-refractivity contribution is 6.30. The van der Waals surface area contributed by atoms with E-state index < -0.39 is 0 Å². The van der Waals surface area contributed by atoms with Crippen LogP contribution in [0.3, 0.4) is 0 Å². The Morgan fingerprint density at radius 3 is 2.72 bits per heavy atom. The van der Waals surface area contributed by atoms with Gasteiger partial charge >= 0.3 is 6.03 Å². The molecule has 25 heavy (non-hydrogen) atoms. The van der Waals surface area contributed by atoms with Crippen LogP contribution in [0.15, 0.2) is 42.5 Å². The lowest BCUT2D eigenvalue weighted by molar-refractivity contribution is 0.224. The number of likely N-dealkylation sites (tertiary alicyclic amines) is 1. The van der Waals surface area contributed by atoms with Gasteiger partial charge in [0.1, 0.15) is 0 Å². The molecule has 0 bridgehead atoms. The Morgan fingerprint density at radius 1 is 1.20 bits per heavy atom. The minimum absolute atomic E-state index is 0.0653. The van der Waals surface area contributed by atoms with Gasteiger partial charge in [-0.05, 0) is 62.8 Å². The van der Waals surface area contributed by atoms with Crippen LogP contribution in [0.5, 0.6) is 0 Å². The van der Waals surface area contributed by atoms with E-state index in [4.69, 9.17) is 11.6 Å². The van der Waals surface area contributed by atoms with Crippen LogP contribution in [0.4, 0.5) is 16.2 Å². The molecule has 0 aliphatic carbocycles. The zero-order valence-corrected chi connectivity index (χ0v) is 15.3. The van der Waals surface area contributed by atoms with E-state index >= 15 is 0 Å². The summed E-state index contributed by atoms with van der Waals surface area (Å²) in [5.74, 6) is 0.379. The van der Waals surface area contributed by atoms with Gasteiger partial charge in [0.2, 0.25) is 0 Å². The van der Waals surface area contributed by atoms with Crippen molar-refractivity contribution in [1.82, 2.24) is 4.90 Å². The summed E-state index contributed by atoms with van der Waals surface area (Å²) in [7, 11) is 2.15. The number of piperidine rings is 1. The standard InChI is InChI=1S/C20H22ClN3O/c1-13-3-8-18-16(11-13)17-12-23(2)10-9-19(17)24(18)20(25)22-15-6-4-14(21)5-7-15/h3-8,11,17,19H,9-10,12H2,1-2H3,(H,22,25)/t17-,19-/m0/s1. The van der Waals surface area contributed by atoms with Crippen LogP contribution >= 0.6 is 11.6 Å². The lowest BCUT2D eigenvalue weighted by Crippen LogP contribution is -2.48. The number of likely N-dealkylation sites (N-methyl/N-ethyl adjacent to an activating group) is 1. The van der Waals surface area contributed by atoms with E-state index in [1.807, 2.05) is 17.0 Å². The second-order valence-electron chi connectivity index (χ2n) is 7.09. The molecule has 4 nitrogen and oxygen atoms in total. The average molecular weight is 356 g/mol. The number of halogens is 1. The van der Waals surface area contributed by atoms with Crippen LogP contribution < -0.4 is 10.2 Å². The van der Waals surface area contributed by atoms with Crippen molar-refractivity contribution in [3.05, 3.63) is 58.6 Å². The fraction of sp³-hybridized carbons (Fsp3) is 0.350. The fourth-order valence-corrected chi connectivity index (χ4v) is 4.19. The number of urea groups is 1. The number of nitrogens with one attached hydrogen (secondary N) is 1. The van der Waals surface area contributed by atoms with E-state index in [-0.39, 0.29) is 12.1 Å². The second-order valence-corrected chi connectivity index (χ2v) is 7.53. The Labute approximate surface area is 153 Å². The van der Waals surface area contributed by atoms with Gasteiger partial charge in [-0.25, -0.2) is 4.79 Å². The first-order valence-electron chi connectivity index (χ1n) is 8.68. The second kappa shape index (κ2) is 6.36. The van der Waals surface area contributed by atoms with Crippen molar-refractivity contribution < 1.29 is 4.79 Å². The third-order valence-corrected chi connectivity index (χ3v) is 5.52. The number of fused-ring (bicyclic) bond motifs is 3. The van der Waals surface area contributed by atoms with Gasteiger partial charge in [0.15, 0.2) is 0 Å². The molecule has 0 unspecified atom stereocenters. The summed E-state index contributed by atoms with van der Waals surface area (Å²) >= 11 is 5.93. The SMILES string of the molecule is Cc1ccc2c(c1)[C@@H]1CN(C)CC[C@@H]1N2C(=O)Nc1ccc(Cl)cc1. The fourth-order valence-electron chi connectivity index (χ4n) is 4.06. The number of anilines is 2. The predicted molar refractivity (Wildman–Crippen MR) is 103 cm³/mol. The highest BCUT2D eigenvalue weighted by atomic mass is 35.5. The van der Waals surface area contributed by atoms with Crippen molar-refractivity contribution in [3.8, 4) is 0 Å². The third kappa shape index (κ3) is 3.00. The Hall–Kier alpha value is -2.04. The van der Waals surface area contributed by atoms with Gasteiger partial charge in [0.25, 0.3) is 0 Å². The molecule has 1 N–H and O–H groups in total. The zero-order chi connectivity index (χ0) is 17.6. The summed E-state index contributed by atoms with van der Waals surface area (Å²) in [5, 5.41) is 3.69. The van der Waals surface area contributed by atoms with E-state index in [1.165, 1.54) is 11.1 Å². The maximum absolute atomic E-state index is 13.1. The summed E-state index contributed by atoms with van der Waals surface area (Å²) in [4.78, 5) is 17.4. The monoisotopic (exact) mass is 355 g/mol. The van der Waals surface area contributed by atoms with Crippen LogP contribution in [0.1, 0.15) is 23.5 Å². The number of aryl methyl sites for hydroxylation is 1. The maximum Gasteiger partial charge on any atom is 0.326 e. The predicted octanol–water partition coefficient (Wildman–Crippen LogP) is 4.49. The highest BCUT2D eigenvalue weighted by Crippen LogP contribution is 2.45. The summed E-state index contributed by atoms with van der Waals surface area (Å²) in [5.41, 5.74) is 4.34. The molecule has 2 amide bonds. The molecule has 2 aliphatic heterocycles. The molecular weight excluding hydrogens is 334 g/mol. The van der Waals surface area contributed by atoms with E-state index in [9.17, 15) is 4.79 Å². The van der Waals surface area contributed by atoms with Crippen molar-refractivity contribution >= 4 is 29.0 Å². The Balaban J connectivity index is 1.66. The summed E-state index contributed by atoms with van der Waals surface area (Å²) in [6.07, 6.45) is 0.989. The molecule has 0 spiro atoms. The van der Waals surface area contributed by atoms with E-state index in [0.29, 0.717) is 10.9 Å². The molecule has 2 aliphatic rings. The molecule has 2 atom stereocenters. The summed E-state index contributed by atoms with van der Waals surface area (Å²) in [6, 6.07) is 13.8. The largest absolute Gasteiger partial charge is 0.326 e. The topological polar surface area (TPSA) is 35.6 Å². The van der Waals surface area contributed by atoms with Crippen LogP contribution in [0, 0.1) is 6.92 Å². The quantitative estimate of drug-likeness (QED) is 0.818. The van der Waals surface area contributed by atoms with E-state index in [2.05, 4.69) is 42.4 Å². The molecule has 130 valence electrons. The van der Waals surface area contributed by atoms with Crippen molar-refractivity contribution in [2.24, 2.45) is 0 Å². The molecule has 5 heteroatoms. The number of rotatable bonds is 1. The van der Waals surface area contributed by atoms with Gasteiger partial charge in [0, 0.05) is 34.9 Å². The van der Waals surface area contributed by atoms with Gasteiger partial charge in [-0.3, -0.25) is 4.90 Å². The minimum Gasteiger partial charge on any atom is -0.308 e. The van der Waals surface area contributed by atoms with Gasteiger partial charge in [-0.15, -0.1) is 0 Å². The molecule has 0 radical (unpaired) electrons. The first kappa shape index (κ1) is 16.4. The molecule has 0 aromatic heterocycles. The number of nitrogens with zero attached hydrogens (tertiary/aromatic N) is 2. The molecule has 2 aromatic rings. The van der Waals surface area contributed by atoms with Crippen LogP contribution in [-0.4, -0.2) is 37.1 Å². The molecule has 2 heterocycles. The van der Waals surface area contributed by atoms with Gasteiger partial charge in [-0.1, -0.05) is 29.3 Å². The lowest BCUT2D eigenvalue weighted by atomic mass is 9.89. The van der Waals surface area contributed by atoms with Gasteiger partial charge in [0.05, 0.1) is 0 Å². The number of carbonyl (C=O) groups excluding carboxylic acids is 1. The number of carbonyl (C=O) groups is 1. The van der Waals surface area contributed by atoms with E-state index in [1.54, 1.807) is 12.1 Å². The molecule has 1 fully saturated rings. The molecule has 0 saturated carbocycles. The molecule has 4 rings (SSSR count). The highest BCUT2D eigenvalue weighted by Gasteiger charge is 2.43. The summed E-state index contributed by atoms with van der Waals surface area (Å²) < 4.78 is 0. The van der Waals surface area contributed by atoms with Crippen LogP contribution in [-0.2, 0) is 0 Å². The van der Waals surface area contributed by atoms with Crippen molar-refractivity contribution in [2.75, 3.05) is 30.4 Å². The normalized spacial score (nSPS) is 22.4. The maximum atomic E-state index is 13.1. The Bertz CT molecular complexity index is 805. The first-order valence-corrected chi connectivity index (χ1v) is 9.05. The smallest absolute Gasteiger partial charge is 0.308 e. The number of hydrogen-bond donors (Lipinski definition) is 1. The number of benzene rings is 2. The van der Waals surface area contributed by atoms with Gasteiger partial charge < -0.3 is 10.2 Å². The minimum atomic E-state index is -0.0653. The van der Waals surface area contributed by atoms with Crippen LogP contribution in [0.2, 0.25) is 5.02 Å². The lowest BCUT2D eigenvalue weighted by Gasteiger charge is -2.36. The molecular formula is C20H22ClN3O. The van der Waals surface area contributed by atoms with Crippen molar-refractivity contribution in [1.29, 1.82) is 0 Å². The molecule has 2 aromatic carbocycles. The Kier molecular flexibility index (Phi) is 4.18. The van der Waals surface area contributed by atoms with Crippen molar-refractivity contribution in [2.45, 2.75) is 25.3 Å². The van der Waals surface area contributed by atoms with E-state index in [0.717, 1.165) is 30.9 Å². The number of hydrogen-bond acceptors (Lipinski definition) is 2. The summed E-state index contributed by atoms with van der Waals surface area (Å²) in [6.45, 7) is 4.11. The van der Waals surface area contributed by atoms with Crippen molar-refractivity contribution in [3.63, 3.8) is 0 Å². The van der Waals surface area contributed by atoms with Gasteiger partial charge in [-0.2, -0.15) is 0 Å². The first-order chi connectivity index (χ1) is 12.0.